The molecule has 1 unspecified atom stereocenters. The molecule has 4 N–H and O–H groups in total. The summed E-state index contributed by atoms with van der Waals surface area (Å²) in [4.78, 5) is 22.0. The lowest BCUT2D eigenvalue weighted by molar-refractivity contribution is -0.129. The second kappa shape index (κ2) is 6.33. The Morgan fingerprint density at radius 3 is 2.32 bits per heavy atom. The summed E-state index contributed by atoms with van der Waals surface area (Å²) in [5.41, 5.74) is 2.50. The predicted octanol–water partition coefficient (Wildman–Crippen LogP) is 0.774. The second-order valence-corrected chi connectivity index (χ2v) is 4.89. The lowest BCUT2D eigenvalue weighted by Crippen LogP contribution is -2.37. The van der Waals surface area contributed by atoms with E-state index >= 15 is 0 Å². The maximum atomic E-state index is 11.8. The van der Waals surface area contributed by atoms with Crippen molar-refractivity contribution in [2.75, 3.05) is 24.8 Å². The summed E-state index contributed by atoms with van der Waals surface area (Å²) >= 11 is 0. The molecule has 0 aliphatic rings. The lowest BCUT2D eigenvalue weighted by Gasteiger charge is -2.19. The van der Waals surface area contributed by atoms with Gasteiger partial charge in [0.05, 0.1) is 0 Å². The average Bonchev–Trinajstić information content (AvgIpc) is 2.36. The number of nitrogen functional groups attached to an aromatic ring is 1. The van der Waals surface area contributed by atoms with E-state index in [4.69, 9.17) is 5.84 Å². The Morgan fingerprint density at radius 1 is 1.26 bits per heavy atom. The summed E-state index contributed by atoms with van der Waals surface area (Å²) in [5, 5.41) is 3.06. The number of aromatic nitrogens is 2. The minimum Gasteiger partial charge on any atom is -0.358 e. The summed E-state index contributed by atoms with van der Waals surface area (Å²) < 4.78 is 0. The van der Waals surface area contributed by atoms with Crippen LogP contribution in [0.2, 0.25) is 0 Å². The van der Waals surface area contributed by atoms with Gasteiger partial charge in [-0.25, -0.2) is 15.8 Å². The Bertz CT molecular complexity index is 446. The van der Waals surface area contributed by atoms with E-state index in [-0.39, 0.29) is 17.9 Å². The van der Waals surface area contributed by atoms with Crippen LogP contribution in [-0.2, 0) is 4.79 Å². The molecule has 0 fully saturated rings. The summed E-state index contributed by atoms with van der Waals surface area (Å²) in [5.74, 6) is 7.30. The molecule has 0 bridgehead atoms. The van der Waals surface area contributed by atoms with Crippen molar-refractivity contribution in [2.24, 2.45) is 5.84 Å². The normalized spacial score (nSPS) is 12.2. The maximum Gasteiger partial charge on any atom is 0.244 e. The van der Waals surface area contributed by atoms with Gasteiger partial charge >= 0.3 is 0 Å². The zero-order chi connectivity index (χ0) is 14.6. The van der Waals surface area contributed by atoms with E-state index in [1.54, 1.807) is 27.1 Å². The van der Waals surface area contributed by atoms with E-state index in [9.17, 15) is 4.79 Å². The number of likely N-dealkylation sites (N-methyl/N-ethyl adjacent to an activating group) is 1. The number of carbonyl (C=O) groups excluding carboxylic acids is 1. The predicted molar refractivity (Wildman–Crippen MR) is 75.7 cm³/mol. The summed E-state index contributed by atoms with van der Waals surface area (Å²) in [6, 6.07) is 1.31. The number of hydrogen-bond donors (Lipinski definition) is 3. The molecule has 1 rings (SSSR count). The van der Waals surface area contributed by atoms with Crippen LogP contribution in [-0.4, -0.2) is 40.9 Å². The number of rotatable bonds is 5. The highest BCUT2D eigenvalue weighted by atomic mass is 16.2. The first-order valence-corrected chi connectivity index (χ1v) is 6.18. The van der Waals surface area contributed by atoms with E-state index in [1.807, 2.05) is 13.8 Å². The first kappa shape index (κ1) is 15.2. The molecule has 0 aliphatic heterocycles. The van der Waals surface area contributed by atoms with Crippen molar-refractivity contribution in [1.29, 1.82) is 0 Å². The zero-order valence-electron chi connectivity index (χ0n) is 12.1. The van der Waals surface area contributed by atoms with Crippen LogP contribution >= 0.6 is 0 Å². The van der Waals surface area contributed by atoms with Gasteiger partial charge in [-0.1, -0.05) is 13.8 Å². The molecule has 0 radical (unpaired) electrons. The molecule has 0 aromatic carbocycles. The SMILES string of the molecule is CC(Nc1cc(NN)nc(C(C)C)n1)C(=O)N(C)C. The van der Waals surface area contributed by atoms with Crippen molar-refractivity contribution >= 4 is 17.5 Å². The fraction of sp³-hybridized carbons (Fsp3) is 0.583. The highest BCUT2D eigenvalue weighted by molar-refractivity contribution is 5.83. The fourth-order valence-electron chi connectivity index (χ4n) is 1.54. The third-order valence-corrected chi connectivity index (χ3v) is 2.58. The minimum atomic E-state index is -0.365. The van der Waals surface area contributed by atoms with Crippen LogP contribution in [0.25, 0.3) is 0 Å². The molecule has 19 heavy (non-hydrogen) atoms. The van der Waals surface area contributed by atoms with Crippen molar-refractivity contribution in [3.63, 3.8) is 0 Å². The third kappa shape index (κ3) is 4.06. The van der Waals surface area contributed by atoms with Gasteiger partial charge in [0.25, 0.3) is 0 Å². The van der Waals surface area contributed by atoms with Crippen LogP contribution in [0.3, 0.4) is 0 Å². The Morgan fingerprint density at radius 2 is 1.84 bits per heavy atom. The van der Waals surface area contributed by atoms with Crippen molar-refractivity contribution in [1.82, 2.24) is 14.9 Å². The van der Waals surface area contributed by atoms with Crippen LogP contribution < -0.4 is 16.6 Å². The number of hydrogen-bond acceptors (Lipinski definition) is 6. The number of nitrogens with one attached hydrogen (secondary N) is 2. The number of hydrazine groups is 1. The molecular formula is C12H22N6O. The Kier molecular flexibility index (Phi) is 5.05. The van der Waals surface area contributed by atoms with E-state index in [1.165, 1.54) is 4.90 Å². The van der Waals surface area contributed by atoms with Crippen molar-refractivity contribution in [3.05, 3.63) is 11.9 Å². The maximum absolute atomic E-state index is 11.8. The first-order chi connectivity index (χ1) is 8.85. The molecule has 106 valence electrons. The topological polar surface area (TPSA) is 96.2 Å². The summed E-state index contributed by atoms with van der Waals surface area (Å²) in [7, 11) is 3.43. The van der Waals surface area contributed by atoms with Gasteiger partial charge in [-0.3, -0.25) is 4.79 Å². The van der Waals surface area contributed by atoms with E-state index in [0.717, 1.165) is 0 Å². The number of nitrogens with two attached hydrogens (primary N) is 1. The number of nitrogens with zero attached hydrogens (tertiary/aromatic N) is 3. The monoisotopic (exact) mass is 266 g/mol. The van der Waals surface area contributed by atoms with E-state index < -0.39 is 0 Å². The Balaban J connectivity index is 2.94. The molecular weight excluding hydrogens is 244 g/mol. The van der Waals surface area contributed by atoms with Gasteiger partial charge in [-0.2, -0.15) is 0 Å². The standard InChI is InChI=1S/C12H22N6O/c1-7(2)11-15-9(6-10(16-11)17-13)14-8(3)12(19)18(4)5/h6-8H,13H2,1-5H3,(H2,14,15,16,17). The van der Waals surface area contributed by atoms with Crippen molar-refractivity contribution in [3.8, 4) is 0 Å². The van der Waals surface area contributed by atoms with Gasteiger partial charge in [0.1, 0.15) is 23.5 Å². The number of amides is 1. The highest BCUT2D eigenvalue weighted by Crippen LogP contribution is 2.17. The Hall–Kier alpha value is -1.89. The second-order valence-electron chi connectivity index (χ2n) is 4.89. The average molecular weight is 266 g/mol. The summed E-state index contributed by atoms with van der Waals surface area (Å²) in [6.45, 7) is 5.77. The molecule has 0 saturated heterocycles. The van der Waals surface area contributed by atoms with Gasteiger partial charge in [-0.05, 0) is 6.92 Å². The quantitative estimate of drug-likeness (QED) is 0.538. The molecule has 0 spiro atoms. The molecule has 1 heterocycles. The molecule has 0 saturated carbocycles. The van der Waals surface area contributed by atoms with Crippen molar-refractivity contribution in [2.45, 2.75) is 32.7 Å². The van der Waals surface area contributed by atoms with Gasteiger partial charge < -0.3 is 15.6 Å². The first-order valence-electron chi connectivity index (χ1n) is 6.18. The molecule has 7 heteroatoms. The molecule has 7 nitrogen and oxygen atoms in total. The zero-order valence-corrected chi connectivity index (χ0v) is 12.1. The van der Waals surface area contributed by atoms with E-state index in [2.05, 4.69) is 20.7 Å². The van der Waals surface area contributed by atoms with Crippen LogP contribution in [0.15, 0.2) is 6.07 Å². The van der Waals surface area contributed by atoms with Crippen LogP contribution in [0.1, 0.15) is 32.5 Å². The van der Waals surface area contributed by atoms with Gasteiger partial charge in [0, 0.05) is 26.1 Å². The molecule has 1 amide bonds. The van der Waals surface area contributed by atoms with Crippen LogP contribution in [0.5, 0.6) is 0 Å². The van der Waals surface area contributed by atoms with Crippen molar-refractivity contribution < 1.29 is 4.79 Å². The largest absolute Gasteiger partial charge is 0.358 e. The number of carbonyl (C=O) groups is 1. The minimum absolute atomic E-state index is 0.0213. The smallest absolute Gasteiger partial charge is 0.244 e. The molecule has 1 atom stereocenters. The fourth-order valence-corrected chi connectivity index (χ4v) is 1.54. The van der Waals surface area contributed by atoms with Gasteiger partial charge in [-0.15, -0.1) is 0 Å². The third-order valence-electron chi connectivity index (χ3n) is 2.58. The molecule has 0 aliphatic carbocycles. The molecule has 1 aromatic heterocycles. The van der Waals surface area contributed by atoms with Crippen LogP contribution in [0, 0.1) is 0 Å². The summed E-state index contributed by atoms with van der Waals surface area (Å²) in [6.07, 6.45) is 0. The van der Waals surface area contributed by atoms with Gasteiger partial charge in [0.2, 0.25) is 5.91 Å². The molecule has 1 aromatic rings. The van der Waals surface area contributed by atoms with Gasteiger partial charge in [0.15, 0.2) is 0 Å². The highest BCUT2D eigenvalue weighted by Gasteiger charge is 2.16. The van der Waals surface area contributed by atoms with E-state index in [0.29, 0.717) is 17.5 Å². The Labute approximate surface area is 113 Å². The van der Waals surface area contributed by atoms with Crippen LogP contribution in [0.4, 0.5) is 11.6 Å². The number of anilines is 2. The lowest BCUT2D eigenvalue weighted by atomic mass is 10.2.